The van der Waals surface area contributed by atoms with E-state index in [1.807, 2.05) is 19.3 Å². The van der Waals surface area contributed by atoms with Crippen LogP contribution in [-0.2, 0) is 6.54 Å². The second-order valence-corrected chi connectivity index (χ2v) is 6.21. The normalized spacial score (nSPS) is 10.5. The third-order valence-electron chi connectivity index (χ3n) is 2.77. The molecule has 0 saturated carbocycles. The molecule has 0 aliphatic heterocycles. The van der Waals surface area contributed by atoms with Crippen molar-refractivity contribution in [1.29, 1.82) is 0 Å². The summed E-state index contributed by atoms with van der Waals surface area (Å²) in [7, 11) is 1.84. The van der Waals surface area contributed by atoms with Crippen LogP contribution in [0.15, 0.2) is 29.6 Å². The van der Waals surface area contributed by atoms with Gasteiger partial charge in [0.2, 0.25) is 0 Å². The number of nitrogens with one attached hydrogen (secondary N) is 2. The second kappa shape index (κ2) is 7.73. The topological polar surface area (TPSA) is 49.8 Å². The van der Waals surface area contributed by atoms with Crippen molar-refractivity contribution < 1.29 is 0 Å². The molecule has 1 heterocycles. The maximum Gasteiger partial charge on any atom is 0.189 e. The number of rotatable bonds is 6. The van der Waals surface area contributed by atoms with Gasteiger partial charge in [0, 0.05) is 25.4 Å². The van der Waals surface area contributed by atoms with Crippen LogP contribution in [0.5, 0.6) is 0 Å². The van der Waals surface area contributed by atoms with Crippen LogP contribution in [0, 0.1) is 0 Å². The fourth-order valence-electron chi connectivity index (χ4n) is 1.79. The highest BCUT2D eigenvalue weighted by atomic mass is 35.5. The third kappa shape index (κ3) is 4.15. The average Bonchev–Trinajstić information content (AvgIpc) is 2.48. The Balaban J connectivity index is 2.16. The number of hydrogen-bond acceptors (Lipinski definition) is 5. The van der Waals surface area contributed by atoms with Crippen molar-refractivity contribution in [2.45, 2.75) is 18.6 Å². The fraction of sp³-hybridized carbons (Fsp3) is 0.286. The number of aromatic nitrogens is 2. The summed E-state index contributed by atoms with van der Waals surface area (Å²) in [6.45, 7) is 2.61. The minimum atomic E-state index is 0.538. The van der Waals surface area contributed by atoms with E-state index in [4.69, 9.17) is 23.2 Å². The van der Waals surface area contributed by atoms with Crippen LogP contribution in [-0.4, -0.2) is 22.8 Å². The van der Waals surface area contributed by atoms with E-state index < -0.39 is 0 Å². The molecule has 0 spiro atoms. The predicted molar refractivity (Wildman–Crippen MR) is 91.8 cm³/mol. The van der Waals surface area contributed by atoms with E-state index in [1.54, 1.807) is 23.9 Å². The first-order chi connectivity index (χ1) is 10.2. The van der Waals surface area contributed by atoms with E-state index in [2.05, 4.69) is 27.5 Å². The number of halogens is 2. The molecule has 0 atom stereocenters. The summed E-state index contributed by atoms with van der Waals surface area (Å²) in [5, 5.41) is 8.27. The van der Waals surface area contributed by atoms with Gasteiger partial charge in [-0.15, -0.1) is 0 Å². The zero-order valence-corrected chi connectivity index (χ0v) is 14.1. The van der Waals surface area contributed by atoms with Crippen LogP contribution in [0.25, 0.3) is 0 Å². The van der Waals surface area contributed by atoms with Gasteiger partial charge in [-0.25, -0.2) is 9.97 Å². The van der Waals surface area contributed by atoms with Crippen molar-refractivity contribution >= 4 is 46.5 Å². The van der Waals surface area contributed by atoms with E-state index in [0.29, 0.717) is 16.6 Å². The molecule has 0 aliphatic carbocycles. The van der Waals surface area contributed by atoms with Crippen LogP contribution in [0.1, 0.15) is 12.5 Å². The summed E-state index contributed by atoms with van der Waals surface area (Å²) >= 11 is 13.9. The molecule has 21 heavy (non-hydrogen) atoms. The molecular formula is C14H16Cl2N4S. The molecule has 0 fully saturated rings. The molecule has 1 aromatic carbocycles. The number of nitrogens with zero attached hydrogens (tertiary/aromatic N) is 2. The molecule has 4 nitrogen and oxygen atoms in total. The Kier molecular flexibility index (Phi) is 5.96. The van der Waals surface area contributed by atoms with E-state index in [-0.39, 0.29) is 0 Å². The van der Waals surface area contributed by atoms with Gasteiger partial charge in [-0.3, -0.25) is 0 Å². The number of hydrogen-bond donors (Lipinski definition) is 2. The molecule has 0 radical (unpaired) electrons. The lowest BCUT2D eigenvalue weighted by Crippen LogP contribution is -2.07. The smallest absolute Gasteiger partial charge is 0.189 e. The maximum absolute atomic E-state index is 6.14. The first kappa shape index (κ1) is 16.2. The van der Waals surface area contributed by atoms with Gasteiger partial charge in [0.05, 0.1) is 15.7 Å². The molecule has 0 aliphatic rings. The highest BCUT2D eigenvalue weighted by Crippen LogP contribution is 2.30. The number of benzene rings is 1. The molecule has 0 saturated heterocycles. The van der Waals surface area contributed by atoms with Crippen molar-refractivity contribution in [3.8, 4) is 0 Å². The SMILES string of the molecule is CCSc1ncc(CNc2c(Cl)cccc2Cl)c(NC)n1. The first-order valence-electron chi connectivity index (χ1n) is 6.50. The van der Waals surface area contributed by atoms with Gasteiger partial charge in [0.15, 0.2) is 5.16 Å². The van der Waals surface area contributed by atoms with Crippen molar-refractivity contribution in [2.24, 2.45) is 0 Å². The number of thioether (sulfide) groups is 1. The Morgan fingerprint density at radius 3 is 2.57 bits per heavy atom. The Hall–Kier alpha value is -1.17. The van der Waals surface area contributed by atoms with Crippen molar-refractivity contribution in [3.63, 3.8) is 0 Å². The summed E-state index contributed by atoms with van der Waals surface area (Å²) < 4.78 is 0. The molecule has 0 amide bonds. The van der Waals surface area contributed by atoms with Gasteiger partial charge in [-0.05, 0) is 17.9 Å². The van der Waals surface area contributed by atoms with Gasteiger partial charge < -0.3 is 10.6 Å². The van der Waals surface area contributed by atoms with Crippen LogP contribution in [0.2, 0.25) is 10.0 Å². The first-order valence-corrected chi connectivity index (χ1v) is 8.24. The van der Waals surface area contributed by atoms with E-state index >= 15 is 0 Å². The zero-order valence-electron chi connectivity index (χ0n) is 11.8. The molecule has 7 heteroatoms. The van der Waals surface area contributed by atoms with Gasteiger partial charge in [-0.2, -0.15) is 0 Å². The van der Waals surface area contributed by atoms with Gasteiger partial charge in [0.1, 0.15) is 5.82 Å². The molecule has 2 rings (SSSR count). The van der Waals surface area contributed by atoms with E-state index in [0.717, 1.165) is 28.0 Å². The lowest BCUT2D eigenvalue weighted by atomic mass is 10.2. The summed E-state index contributed by atoms with van der Waals surface area (Å²) in [4.78, 5) is 8.81. The average molecular weight is 343 g/mol. The minimum Gasteiger partial charge on any atom is -0.378 e. The van der Waals surface area contributed by atoms with Crippen LogP contribution >= 0.6 is 35.0 Å². The van der Waals surface area contributed by atoms with Crippen molar-refractivity contribution in [2.75, 3.05) is 23.4 Å². The van der Waals surface area contributed by atoms with Crippen LogP contribution in [0.4, 0.5) is 11.5 Å². The zero-order chi connectivity index (χ0) is 15.2. The van der Waals surface area contributed by atoms with Crippen LogP contribution in [0.3, 0.4) is 0 Å². The number of para-hydroxylation sites is 1. The quantitative estimate of drug-likeness (QED) is 0.595. The predicted octanol–water partition coefficient (Wildman–Crippen LogP) is 4.55. The molecule has 2 aromatic rings. The summed E-state index contributed by atoms with van der Waals surface area (Å²) in [5.74, 6) is 1.74. The molecule has 0 unspecified atom stereocenters. The maximum atomic E-state index is 6.14. The van der Waals surface area contributed by atoms with Gasteiger partial charge >= 0.3 is 0 Å². The molecular weight excluding hydrogens is 327 g/mol. The largest absolute Gasteiger partial charge is 0.378 e. The Labute approximate surface area is 138 Å². The van der Waals surface area contributed by atoms with Gasteiger partial charge in [0.25, 0.3) is 0 Å². The van der Waals surface area contributed by atoms with Crippen molar-refractivity contribution in [1.82, 2.24) is 9.97 Å². The van der Waals surface area contributed by atoms with Gasteiger partial charge in [-0.1, -0.05) is 48.0 Å². The molecule has 2 N–H and O–H groups in total. The monoisotopic (exact) mass is 342 g/mol. The summed E-state index contributed by atoms with van der Waals surface area (Å²) in [5.41, 5.74) is 1.67. The molecule has 112 valence electrons. The van der Waals surface area contributed by atoms with Crippen LogP contribution < -0.4 is 10.6 Å². The Morgan fingerprint density at radius 2 is 1.95 bits per heavy atom. The molecule has 1 aromatic heterocycles. The fourth-order valence-corrected chi connectivity index (χ4v) is 2.86. The Morgan fingerprint density at radius 1 is 1.24 bits per heavy atom. The second-order valence-electron chi connectivity index (χ2n) is 4.16. The standard InChI is InChI=1S/C14H16Cl2N4S/c1-3-21-14-19-8-9(13(17-2)20-14)7-18-12-10(15)5-4-6-11(12)16/h4-6,8,18H,3,7H2,1-2H3,(H,17,19,20). The molecule has 0 bridgehead atoms. The van der Waals surface area contributed by atoms with E-state index in [1.165, 1.54) is 0 Å². The lowest BCUT2D eigenvalue weighted by Gasteiger charge is -2.13. The number of anilines is 2. The highest BCUT2D eigenvalue weighted by Gasteiger charge is 2.09. The summed E-state index contributed by atoms with van der Waals surface area (Å²) in [6.07, 6.45) is 1.81. The van der Waals surface area contributed by atoms with Crippen molar-refractivity contribution in [3.05, 3.63) is 40.0 Å². The minimum absolute atomic E-state index is 0.538. The van der Waals surface area contributed by atoms with E-state index in [9.17, 15) is 0 Å². The third-order valence-corrected chi connectivity index (χ3v) is 4.14. The Bertz CT molecular complexity index is 602. The summed E-state index contributed by atoms with van der Waals surface area (Å²) in [6, 6.07) is 5.41. The lowest BCUT2D eigenvalue weighted by molar-refractivity contribution is 0.932. The highest BCUT2D eigenvalue weighted by molar-refractivity contribution is 7.99.